The minimum Gasteiger partial charge on any atom is -0.299 e. The zero-order chi connectivity index (χ0) is 23.4. The van der Waals surface area contributed by atoms with Gasteiger partial charge in [0.2, 0.25) is 0 Å². The number of aryl methyl sites for hydroxylation is 4. The van der Waals surface area contributed by atoms with Crippen LogP contribution in [-0.4, -0.2) is 9.55 Å². The molecule has 0 unspecified atom stereocenters. The number of aromatic nitrogens is 2. The number of rotatable bonds is 8. The lowest BCUT2D eigenvalue weighted by Crippen LogP contribution is -2.02. The van der Waals surface area contributed by atoms with Crippen LogP contribution in [0.1, 0.15) is 55.0 Å². The second-order valence-electron chi connectivity index (χ2n) is 9.05. The van der Waals surface area contributed by atoms with Gasteiger partial charge in [-0.05, 0) is 97.8 Å². The van der Waals surface area contributed by atoms with Crippen molar-refractivity contribution >= 4 is 0 Å². The van der Waals surface area contributed by atoms with Crippen molar-refractivity contribution in [1.82, 2.24) is 9.55 Å². The molecule has 0 aliphatic heterocycles. The molecule has 0 aliphatic carbocycles. The Kier molecular flexibility index (Phi) is 7.08. The van der Waals surface area contributed by atoms with Crippen LogP contribution < -0.4 is 0 Å². The summed E-state index contributed by atoms with van der Waals surface area (Å²) in [5.41, 5.74) is 9.23. The number of unbranched alkanes of at least 4 members (excludes halogenated alkanes) is 3. The molecule has 0 N–H and O–H groups in total. The summed E-state index contributed by atoms with van der Waals surface area (Å²) >= 11 is 0. The standard InChI is InChI=1S/C30H33FN2/c1-5-6-7-8-9-24-10-12-25(13-11-24)27-18-21(2)29(22(3)19-27)33-20-23(4)32-30(33)26-14-16-28(31)17-15-26/h10-20H,5-9H2,1-4H3. The number of nitrogens with zero attached hydrogens (tertiary/aromatic N) is 2. The molecular weight excluding hydrogens is 407 g/mol. The van der Waals surface area contributed by atoms with Gasteiger partial charge in [-0.2, -0.15) is 0 Å². The fourth-order valence-corrected chi connectivity index (χ4v) is 4.59. The van der Waals surface area contributed by atoms with Crippen molar-refractivity contribution in [3.05, 3.63) is 95.1 Å². The van der Waals surface area contributed by atoms with E-state index in [4.69, 9.17) is 4.98 Å². The van der Waals surface area contributed by atoms with Gasteiger partial charge in [-0.3, -0.25) is 4.57 Å². The van der Waals surface area contributed by atoms with Gasteiger partial charge in [0, 0.05) is 11.8 Å². The molecule has 0 saturated carbocycles. The molecule has 33 heavy (non-hydrogen) atoms. The first-order valence-corrected chi connectivity index (χ1v) is 12.0. The quantitative estimate of drug-likeness (QED) is 0.252. The van der Waals surface area contributed by atoms with Gasteiger partial charge in [-0.15, -0.1) is 0 Å². The number of hydrogen-bond acceptors (Lipinski definition) is 1. The lowest BCUT2D eigenvalue weighted by Gasteiger charge is -2.16. The molecule has 0 saturated heterocycles. The third kappa shape index (κ3) is 5.24. The lowest BCUT2D eigenvalue weighted by atomic mass is 9.97. The van der Waals surface area contributed by atoms with Crippen LogP contribution in [-0.2, 0) is 6.42 Å². The van der Waals surface area contributed by atoms with E-state index in [0.717, 1.165) is 29.2 Å². The fraction of sp³-hybridized carbons (Fsp3) is 0.300. The molecule has 0 amide bonds. The second-order valence-corrected chi connectivity index (χ2v) is 9.05. The van der Waals surface area contributed by atoms with Crippen LogP contribution >= 0.6 is 0 Å². The van der Waals surface area contributed by atoms with Crippen molar-refractivity contribution in [2.75, 3.05) is 0 Å². The Balaban J connectivity index is 1.63. The van der Waals surface area contributed by atoms with Crippen molar-refractivity contribution in [3.8, 4) is 28.2 Å². The van der Waals surface area contributed by atoms with Gasteiger partial charge in [0.1, 0.15) is 11.6 Å². The summed E-state index contributed by atoms with van der Waals surface area (Å²) in [6, 6.07) is 20.1. The van der Waals surface area contributed by atoms with Crippen molar-refractivity contribution in [2.24, 2.45) is 0 Å². The molecule has 0 aliphatic rings. The zero-order valence-electron chi connectivity index (χ0n) is 20.2. The fourth-order valence-electron chi connectivity index (χ4n) is 4.59. The highest BCUT2D eigenvalue weighted by atomic mass is 19.1. The Morgan fingerprint density at radius 2 is 1.39 bits per heavy atom. The summed E-state index contributed by atoms with van der Waals surface area (Å²) in [6.07, 6.45) is 8.39. The van der Waals surface area contributed by atoms with Crippen LogP contribution in [0, 0.1) is 26.6 Å². The van der Waals surface area contributed by atoms with Gasteiger partial charge in [-0.25, -0.2) is 9.37 Å². The van der Waals surface area contributed by atoms with Crippen LogP contribution in [0.25, 0.3) is 28.2 Å². The van der Waals surface area contributed by atoms with E-state index >= 15 is 0 Å². The third-order valence-electron chi connectivity index (χ3n) is 6.27. The number of imidazole rings is 1. The zero-order valence-corrected chi connectivity index (χ0v) is 20.2. The maximum Gasteiger partial charge on any atom is 0.144 e. The lowest BCUT2D eigenvalue weighted by molar-refractivity contribution is 0.628. The maximum atomic E-state index is 13.5. The molecular formula is C30H33FN2. The normalized spacial score (nSPS) is 11.2. The molecule has 0 spiro atoms. The molecule has 0 atom stereocenters. The Hall–Kier alpha value is -3.20. The SMILES string of the molecule is CCCCCCc1ccc(-c2cc(C)c(-n3cc(C)nc3-c3ccc(F)cc3)c(C)c2)cc1. The number of halogens is 1. The van der Waals surface area contributed by atoms with Gasteiger partial charge >= 0.3 is 0 Å². The smallest absolute Gasteiger partial charge is 0.144 e. The van der Waals surface area contributed by atoms with E-state index in [1.54, 1.807) is 12.1 Å². The first kappa shape index (κ1) is 23.0. The molecule has 4 aromatic rings. The average Bonchev–Trinajstić information content (AvgIpc) is 3.18. The molecule has 3 aromatic carbocycles. The molecule has 4 rings (SSSR count). The molecule has 0 bridgehead atoms. The van der Waals surface area contributed by atoms with E-state index in [1.165, 1.54) is 65.6 Å². The van der Waals surface area contributed by atoms with Gasteiger partial charge in [-0.1, -0.05) is 50.5 Å². The Morgan fingerprint density at radius 1 is 0.758 bits per heavy atom. The number of benzene rings is 3. The van der Waals surface area contributed by atoms with Crippen molar-refractivity contribution in [3.63, 3.8) is 0 Å². The molecule has 2 nitrogen and oxygen atoms in total. The summed E-state index contributed by atoms with van der Waals surface area (Å²) in [4.78, 5) is 4.74. The summed E-state index contributed by atoms with van der Waals surface area (Å²) in [6.45, 7) is 8.55. The van der Waals surface area contributed by atoms with E-state index in [-0.39, 0.29) is 5.82 Å². The van der Waals surface area contributed by atoms with Crippen molar-refractivity contribution in [1.29, 1.82) is 0 Å². The predicted octanol–water partition coefficient (Wildman–Crippen LogP) is 8.39. The van der Waals surface area contributed by atoms with Crippen LogP contribution in [0.4, 0.5) is 4.39 Å². The van der Waals surface area contributed by atoms with Gasteiger partial charge < -0.3 is 0 Å². The average molecular weight is 441 g/mol. The third-order valence-corrected chi connectivity index (χ3v) is 6.27. The monoisotopic (exact) mass is 440 g/mol. The van der Waals surface area contributed by atoms with Crippen LogP contribution in [0.15, 0.2) is 66.9 Å². The molecule has 0 fully saturated rings. The van der Waals surface area contributed by atoms with Gasteiger partial charge in [0.05, 0.1) is 11.4 Å². The predicted molar refractivity (Wildman–Crippen MR) is 136 cm³/mol. The van der Waals surface area contributed by atoms with Crippen molar-refractivity contribution in [2.45, 2.75) is 59.8 Å². The topological polar surface area (TPSA) is 17.8 Å². The van der Waals surface area contributed by atoms with Crippen molar-refractivity contribution < 1.29 is 4.39 Å². The molecule has 0 radical (unpaired) electrons. The van der Waals surface area contributed by atoms with E-state index in [9.17, 15) is 4.39 Å². The summed E-state index contributed by atoms with van der Waals surface area (Å²) in [5.74, 6) is 0.594. The summed E-state index contributed by atoms with van der Waals surface area (Å²) < 4.78 is 15.6. The van der Waals surface area contributed by atoms with Gasteiger partial charge in [0.15, 0.2) is 0 Å². The minimum atomic E-state index is -0.239. The highest BCUT2D eigenvalue weighted by Gasteiger charge is 2.15. The van der Waals surface area contributed by atoms with Crippen LogP contribution in [0.3, 0.4) is 0 Å². The van der Waals surface area contributed by atoms with Gasteiger partial charge in [0.25, 0.3) is 0 Å². The van der Waals surface area contributed by atoms with Crippen LogP contribution in [0.5, 0.6) is 0 Å². The molecule has 170 valence electrons. The second kappa shape index (κ2) is 10.2. The highest BCUT2D eigenvalue weighted by molar-refractivity contribution is 5.70. The Labute approximate surface area is 197 Å². The first-order valence-electron chi connectivity index (χ1n) is 12.0. The molecule has 1 aromatic heterocycles. The molecule has 1 heterocycles. The minimum absolute atomic E-state index is 0.239. The Bertz CT molecular complexity index is 1190. The van der Waals surface area contributed by atoms with Crippen LogP contribution in [0.2, 0.25) is 0 Å². The maximum absolute atomic E-state index is 13.5. The van der Waals surface area contributed by atoms with E-state index in [2.05, 4.69) is 67.9 Å². The highest BCUT2D eigenvalue weighted by Crippen LogP contribution is 2.31. The number of hydrogen-bond donors (Lipinski definition) is 0. The molecule has 3 heteroatoms. The van der Waals surface area contributed by atoms with E-state index < -0.39 is 0 Å². The summed E-state index contributed by atoms with van der Waals surface area (Å²) in [5, 5.41) is 0. The largest absolute Gasteiger partial charge is 0.299 e. The van der Waals surface area contributed by atoms with E-state index in [0.29, 0.717) is 0 Å². The summed E-state index contributed by atoms with van der Waals surface area (Å²) in [7, 11) is 0. The Morgan fingerprint density at radius 3 is 2.03 bits per heavy atom. The van der Waals surface area contributed by atoms with E-state index in [1.807, 2.05) is 6.92 Å². The first-order chi connectivity index (χ1) is 16.0.